The van der Waals surface area contributed by atoms with Crippen molar-refractivity contribution in [1.82, 2.24) is 4.90 Å². The van der Waals surface area contributed by atoms with Crippen LogP contribution >= 0.6 is 23.2 Å². The predicted octanol–water partition coefficient (Wildman–Crippen LogP) is 5.04. The molecule has 5 nitrogen and oxygen atoms in total. The molecular weight excluding hydrogens is 397 g/mol. The number of carbonyl (C=O) groups is 2. The van der Waals surface area contributed by atoms with Crippen LogP contribution in [0.3, 0.4) is 0 Å². The topological polar surface area (TPSA) is 52.7 Å². The van der Waals surface area contributed by atoms with Gasteiger partial charge in [0.05, 0.1) is 21.3 Å². The van der Waals surface area contributed by atoms with E-state index < -0.39 is 0 Å². The minimum Gasteiger partial charge on any atom is -0.354 e. The quantitative estimate of drug-likeness (QED) is 0.744. The van der Waals surface area contributed by atoms with Crippen LogP contribution in [0.15, 0.2) is 36.4 Å². The Labute approximate surface area is 174 Å². The van der Waals surface area contributed by atoms with E-state index in [0.29, 0.717) is 26.9 Å². The monoisotopic (exact) mass is 417 g/mol. The van der Waals surface area contributed by atoms with Gasteiger partial charge < -0.3 is 15.1 Å². The predicted molar refractivity (Wildman–Crippen MR) is 113 cm³/mol. The van der Waals surface area contributed by atoms with Crippen LogP contribution in [0.4, 0.5) is 11.4 Å². The number of nitrogens with zero attached hydrogens (tertiary/aromatic N) is 2. The number of nitrogens with one attached hydrogen (secondary N) is 1. The maximum atomic E-state index is 13.0. The molecule has 2 aliphatic rings. The third-order valence-electron chi connectivity index (χ3n) is 5.48. The summed E-state index contributed by atoms with van der Waals surface area (Å²) in [6, 6.07) is 10.2. The van der Waals surface area contributed by atoms with Gasteiger partial charge in [-0.25, -0.2) is 0 Å². The highest BCUT2D eigenvalue weighted by Crippen LogP contribution is 2.34. The van der Waals surface area contributed by atoms with E-state index in [9.17, 15) is 9.59 Å². The average molecular weight is 418 g/mol. The van der Waals surface area contributed by atoms with Crippen LogP contribution in [0, 0.1) is 0 Å². The zero-order valence-corrected chi connectivity index (χ0v) is 17.1. The first-order valence-electron chi connectivity index (χ1n) is 9.40. The Kier molecular flexibility index (Phi) is 5.21. The highest BCUT2D eigenvalue weighted by Gasteiger charge is 2.36. The molecule has 2 heterocycles. The van der Waals surface area contributed by atoms with Crippen molar-refractivity contribution in [1.29, 1.82) is 0 Å². The molecule has 2 aliphatic heterocycles. The summed E-state index contributed by atoms with van der Waals surface area (Å²) in [5.41, 5.74) is 2.50. The first-order chi connectivity index (χ1) is 13.5. The smallest absolute Gasteiger partial charge is 0.257 e. The first-order valence-corrected chi connectivity index (χ1v) is 10.2. The molecule has 7 heteroatoms. The van der Waals surface area contributed by atoms with E-state index in [2.05, 4.69) is 10.2 Å². The zero-order chi connectivity index (χ0) is 19.8. The number of rotatable bonds is 2. The molecule has 1 atom stereocenters. The molecule has 0 radical (unpaired) electrons. The first kappa shape index (κ1) is 19.1. The van der Waals surface area contributed by atoms with Crippen molar-refractivity contribution in [3.8, 4) is 0 Å². The minimum absolute atomic E-state index is 0.0517. The molecule has 1 unspecified atom stereocenters. The van der Waals surface area contributed by atoms with Crippen LogP contribution < -0.4 is 10.2 Å². The molecule has 2 aromatic rings. The van der Waals surface area contributed by atoms with Crippen molar-refractivity contribution in [2.45, 2.75) is 31.8 Å². The fourth-order valence-electron chi connectivity index (χ4n) is 3.97. The van der Waals surface area contributed by atoms with Crippen LogP contribution in [0.25, 0.3) is 0 Å². The van der Waals surface area contributed by atoms with Crippen LogP contribution in [0.5, 0.6) is 0 Å². The van der Waals surface area contributed by atoms with E-state index >= 15 is 0 Å². The van der Waals surface area contributed by atoms with Gasteiger partial charge in [-0.2, -0.15) is 0 Å². The summed E-state index contributed by atoms with van der Waals surface area (Å²) in [5.74, 6) is -0.207. The maximum absolute atomic E-state index is 13.0. The number of hydrogen-bond donors (Lipinski definition) is 1. The number of carbonyl (C=O) groups excluding carboxylic acids is 2. The number of hydrogen-bond acceptors (Lipinski definition) is 3. The van der Waals surface area contributed by atoms with Crippen LogP contribution in [0.2, 0.25) is 10.0 Å². The third kappa shape index (κ3) is 3.45. The lowest BCUT2D eigenvalue weighted by Crippen LogP contribution is -2.53. The number of amides is 2. The van der Waals surface area contributed by atoms with E-state index in [4.69, 9.17) is 23.2 Å². The molecule has 0 spiro atoms. The largest absolute Gasteiger partial charge is 0.354 e. The van der Waals surface area contributed by atoms with Gasteiger partial charge in [0.25, 0.3) is 11.8 Å². The third-order valence-corrected chi connectivity index (χ3v) is 6.22. The second kappa shape index (κ2) is 7.64. The van der Waals surface area contributed by atoms with Gasteiger partial charge in [-0.05, 0) is 55.7 Å². The van der Waals surface area contributed by atoms with Crippen LogP contribution in [-0.4, -0.2) is 36.5 Å². The number of benzene rings is 2. The van der Waals surface area contributed by atoms with Crippen molar-refractivity contribution in [3.05, 3.63) is 57.6 Å². The lowest BCUT2D eigenvalue weighted by molar-refractivity contribution is 0.0661. The second-order valence-electron chi connectivity index (χ2n) is 7.25. The summed E-state index contributed by atoms with van der Waals surface area (Å²) >= 11 is 11.9. The molecule has 146 valence electrons. The average Bonchev–Trinajstić information content (AvgIpc) is 2.95. The fraction of sp³-hybridized carbons (Fsp3) is 0.333. The number of halogens is 2. The summed E-state index contributed by atoms with van der Waals surface area (Å²) in [5, 5.41) is 3.64. The summed E-state index contributed by atoms with van der Waals surface area (Å²) < 4.78 is 0. The Morgan fingerprint density at radius 1 is 1.07 bits per heavy atom. The lowest BCUT2D eigenvalue weighted by atomic mass is 10.0. The van der Waals surface area contributed by atoms with Gasteiger partial charge in [0.1, 0.15) is 6.17 Å². The molecule has 1 saturated heterocycles. The molecule has 28 heavy (non-hydrogen) atoms. The van der Waals surface area contributed by atoms with Gasteiger partial charge in [-0.3, -0.25) is 9.59 Å². The normalized spacial score (nSPS) is 19.0. The summed E-state index contributed by atoms with van der Waals surface area (Å²) in [6.07, 6.45) is 4.28. The SMILES string of the molecule is CN1c2cc(C(=O)Nc3ccc(Cl)c(Cl)c3)ccc2C(=O)N2CCCCCC21. The van der Waals surface area contributed by atoms with E-state index in [-0.39, 0.29) is 18.0 Å². The highest BCUT2D eigenvalue weighted by molar-refractivity contribution is 6.42. The van der Waals surface area contributed by atoms with Crippen molar-refractivity contribution in [2.75, 3.05) is 23.8 Å². The van der Waals surface area contributed by atoms with Gasteiger partial charge in [0.15, 0.2) is 0 Å². The molecule has 0 bridgehead atoms. The highest BCUT2D eigenvalue weighted by atomic mass is 35.5. The van der Waals surface area contributed by atoms with Crippen LogP contribution in [-0.2, 0) is 0 Å². The number of anilines is 2. The molecule has 0 aliphatic carbocycles. The molecular formula is C21H21Cl2N3O2. The standard InChI is InChI=1S/C21H21Cl2N3O2/c1-25-18-11-13(20(27)24-14-7-9-16(22)17(23)12-14)6-8-15(18)21(28)26-10-4-2-3-5-19(25)26/h6-9,11-12,19H,2-5,10H2,1H3,(H,24,27). The van der Waals surface area contributed by atoms with Crippen molar-refractivity contribution >= 4 is 46.4 Å². The molecule has 0 aromatic heterocycles. The molecule has 0 saturated carbocycles. The second-order valence-corrected chi connectivity index (χ2v) is 8.07. The van der Waals surface area contributed by atoms with E-state index in [1.54, 1.807) is 36.4 Å². The van der Waals surface area contributed by atoms with Crippen LogP contribution in [0.1, 0.15) is 46.4 Å². The van der Waals surface area contributed by atoms with Gasteiger partial charge >= 0.3 is 0 Å². The van der Waals surface area contributed by atoms with Gasteiger partial charge in [-0.1, -0.05) is 29.6 Å². The van der Waals surface area contributed by atoms with E-state index in [1.807, 2.05) is 11.9 Å². The van der Waals surface area contributed by atoms with Crippen molar-refractivity contribution in [3.63, 3.8) is 0 Å². The Hall–Kier alpha value is -2.24. The Balaban J connectivity index is 1.62. The lowest BCUT2D eigenvalue weighted by Gasteiger charge is -2.43. The fourth-order valence-corrected chi connectivity index (χ4v) is 4.27. The molecule has 1 N–H and O–H groups in total. The molecule has 1 fully saturated rings. The molecule has 4 rings (SSSR count). The van der Waals surface area contributed by atoms with E-state index in [1.165, 1.54) is 0 Å². The Morgan fingerprint density at radius 2 is 1.89 bits per heavy atom. The summed E-state index contributed by atoms with van der Waals surface area (Å²) in [7, 11) is 1.99. The Morgan fingerprint density at radius 3 is 2.68 bits per heavy atom. The van der Waals surface area contributed by atoms with Gasteiger partial charge in [0.2, 0.25) is 0 Å². The maximum Gasteiger partial charge on any atom is 0.257 e. The Bertz CT molecular complexity index is 947. The van der Waals surface area contributed by atoms with Gasteiger partial charge in [0, 0.05) is 24.8 Å². The van der Waals surface area contributed by atoms with E-state index in [0.717, 1.165) is 37.9 Å². The minimum atomic E-state index is -0.259. The van der Waals surface area contributed by atoms with Gasteiger partial charge in [-0.15, -0.1) is 0 Å². The molecule has 2 aromatic carbocycles. The molecule has 2 amide bonds. The zero-order valence-electron chi connectivity index (χ0n) is 15.5. The van der Waals surface area contributed by atoms with Crippen molar-refractivity contribution < 1.29 is 9.59 Å². The van der Waals surface area contributed by atoms with Crippen molar-refractivity contribution in [2.24, 2.45) is 0 Å². The number of fused-ring (bicyclic) bond motifs is 2. The summed E-state index contributed by atoms with van der Waals surface area (Å²) in [4.78, 5) is 29.8. The summed E-state index contributed by atoms with van der Waals surface area (Å²) in [6.45, 7) is 0.785.